The third-order valence-electron chi connectivity index (χ3n) is 14.1. The summed E-state index contributed by atoms with van der Waals surface area (Å²) in [7, 11) is 0. The summed E-state index contributed by atoms with van der Waals surface area (Å²) in [5.74, 6) is 1.15. The Bertz CT molecular complexity index is 3210. The number of carboxylic acids is 1. The topological polar surface area (TPSA) is 147 Å². The van der Waals surface area contributed by atoms with E-state index in [2.05, 4.69) is 113 Å². The van der Waals surface area contributed by atoms with Gasteiger partial charge in [0.15, 0.2) is 0 Å². The molecular formula is C63H70N4O7. The largest absolute Gasteiger partial charge is 0.477 e. The van der Waals surface area contributed by atoms with Crippen LogP contribution in [0.4, 0.5) is 0 Å². The van der Waals surface area contributed by atoms with E-state index in [1.165, 1.54) is 30.8 Å². The maximum atomic E-state index is 12.9. The Hall–Kier alpha value is -7.76. The molecule has 0 fully saturated rings. The summed E-state index contributed by atoms with van der Waals surface area (Å²) in [6.07, 6.45) is 4.01. The first kappa shape index (κ1) is 55.6. The molecule has 2 heterocycles. The van der Waals surface area contributed by atoms with Crippen molar-refractivity contribution in [1.82, 2.24) is 10.2 Å². The van der Waals surface area contributed by atoms with Crippen LogP contribution in [-0.4, -0.2) is 71.3 Å². The van der Waals surface area contributed by atoms with Crippen molar-refractivity contribution in [3.63, 3.8) is 0 Å². The molecule has 6 aromatic rings. The van der Waals surface area contributed by atoms with Crippen LogP contribution >= 0.6 is 0 Å². The lowest BCUT2D eigenvalue weighted by Gasteiger charge is -2.13. The molecule has 0 spiro atoms. The Kier molecular flexibility index (Phi) is 18.6. The molecule has 2 atom stereocenters. The highest BCUT2D eigenvalue weighted by molar-refractivity contribution is 6.54. The number of carboxylic acid groups (broad SMARTS) is 1. The zero-order chi connectivity index (χ0) is 52.5. The van der Waals surface area contributed by atoms with Crippen molar-refractivity contribution in [2.75, 3.05) is 26.2 Å². The normalized spacial score (nSPS) is 14.1. The van der Waals surface area contributed by atoms with Gasteiger partial charge in [-0.25, -0.2) is 14.8 Å². The van der Waals surface area contributed by atoms with Crippen molar-refractivity contribution in [2.24, 2.45) is 9.98 Å². The van der Waals surface area contributed by atoms with Crippen molar-refractivity contribution >= 4 is 67.8 Å². The zero-order valence-electron chi connectivity index (χ0n) is 43.4. The number of aliphatic imine (C=N–C) groups is 2. The number of amides is 3. The second-order valence-corrected chi connectivity index (χ2v) is 18.2. The van der Waals surface area contributed by atoms with Gasteiger partial charge in [0.25, 0.3) is 17.7 Å². The monoisotopic (exact) mass is 995 g/mol. The number of unbranched alkanes of at least 4 members (excludes halogenated alkanes) is 1. The van der Waals surface area contributed by atoms with Gasteiger partial charge >= 0.3 is 5.97 Å². The molecule has 0 aromatic heterocycles. The van der Waals surface area contributed by atoms with E-state index in [0.29, 0.717) is 52.3 Å². The minimum absolute atomic E-state index is 0. The molecule has 2 aliphatic heterocycles. The van der Waals surface area contributed by atoms with E-state index in [1.807, 2.05) is 84.9 Å². The minimum atomic E-state index is -1.25. The number of rotatable bonds is 16. The third kappa shape index (κ3) is 10.9. The standard InChI is InChI=1S/C29H28N2O3.C25H19NO4.C6H15N.C2H4.CH4/c1-4-6-16-30-28(32)26-25-21-14-15-23(34-19-12-10-18(11-13-19)17(3)5-2)20-8-7-9-22(24(20)21)27(25)31-29(26)33;1-3-13(2)14-7-9-15(10-8-14)30-19-12-11-17-20-16(19)5-4-6-18(20)23-21(17)22(25(28)29)24(27)26-23;1-4-7(5-2)6-3;1-2;/h7-15,17H,4-6,16H2,1-3H3,(H,30,32);4-13H,3H2,1-2H3,(H,28,29);4-6H2,1-3H3;1-2H2;1H4. The van der Waals surface area contributed by atoms with Crippen LogP contribution in [0.2, 0.25) is 0 Å². The van der Waals surface area contributed by atoms with E-state index in [0.717, 1.165) is 81.2 Å². The molecule has 4 aliphatic rings. The first-order valence-corrected chi connectivity index (χ1v) is 25.5. The number of nitrogens with one attached hydrogen (secondary N) is 1. The van der Waals surface area contributed by atoms with E-state index in [-0.39, 0.29) is 24.5 Å². The van der Waals surface area contributed by atoms with Crippen LogP contribution in [0.5, 0.6) is 23.0 Å². The number of fused-ring (bicyclic) bond motifs is 6. The lowest BCUT2D eigenvalue weighted by atomic mass is 9.99. The second kappa shape index (κ2) is 24.8. The molecule has 74 heavy (non-hydrogen) atoms. The average molecular weight is 995 g/mol. The quantitative estimate of drug-likeness (QED) is 0.0553. The van der Waals surface area contributed by atoms with Crippen molar-refractivity contribution < 1.29 is 33.8 Å². The van der Waals surface area contributed by atoms with Gasteiger partial charge in [0.05, 0.1) is 11.4 Å². The summed E-state index contributed by atoms with van der Waals surface area (Å²) in [6, 6.07) is 35.4. The average Bonchev–Trinajstić information content (AvgIpc) is 4.13. The molecule has 0 saturated heterocycles. The Morgan fingerprint density at radius 2 is 1.01 bits per heavy atom. The van der Waals surface area contributed by atoms with Gasteiger partial charge in [-0.3, -0.25) is 14.4 Å². The number of allylic oxidation sites excluding steroid dienone is 2. The summed E-state index contributed by atoms with van der Waals surface area (Å²) >= 11 is 0. The van der Waals surface area contributed by atoms with Crippen LogP contribution < -0.4 is 14.8 Å². The fraction of sp³-hybridized carbons (Fsp3) is 0.302. The summed E-state index contributed by atoms with van der Waals surface area (Å²) in [5.41, 5.74) is 7.69. The maximum absolute atomic E-state index is 12.9. The molecule has 2 aliphatic carbocycles. The van der Waals surface area contributed by atoms with Crippen LogP contribution in [0.25, 0.3) is 32.7 Å². The fourth-order valence-corrected chi connectivity index (χ4v) is 9.54. The highest BCUT2D eigenvalue weighted by Gasteiger charge is 2.40. The van der Waals surface area contributed by atoms with Crippen LogP contribution in [0.3, 0.4) is 0 Å². The predicted octanol–water partition coefficient (Wildman–Crippen LogP) is 14.3. The number of hydrogen-bond acceptors (Lipinski definition) is 7. The number of benzene rings is 6. The highest BCUT2D eigenvalue weighted by atomic mass is 16.5. The number of aliphatic carboxylic acids is 1. The van der Waals surface area contributed by atoms with Crippen LogP contribution in [-0.2, 0) is 19.2 Å². The molecule has 2 N–H and O–H groups in total. The molecule has 2 unspecified atom stereocenters. The molecule has 0 radical (unpaired) electrons. The third-order valence-corrected chi connectivity index (χ3v) is 14.1. The highest BCUT2D eigenvalue weighted by Crippen LogP contribution is 2.48. The Labute approximate surface area is 436 Å². The van der Waals surface area contributed by atoms with Crippen molar-refractivity contribution in [3.8, 4) is 23.0 Å². The van der Waals surface area contributed by atoms with E-state index in [4.69, 9.17) is 9.47 Å². The molecule has 6 aromatic carbocycles. The lowest BCUT2D eigenvalue weighted by Crippen LogP contribution is -2.28. The fourth-order valence-electron chi connectivity index (χ4n) is 9.54. The SMILES string of the molecule is C.C=C.CCC(C)c1ccc(Oc2ccc3c4c(cccc24)C2=NC(=O)C(C(=O)O)=C23)cc1.CCCCNC(=O)C1=C2C(=NC1=O)c1cccc3c(Oc4ccc(C(C)CC)cc4)ccc2c13.CCN(CC)CC. The molecule has 0 bridgehead atoms. The first-order valence-electron chi connectivity index (χ1n) is 25.5. The van der Waals surface area contributed by atoms with E-state index in [1.54, 1.807) is 0 Å². The summed E-state index contributed by atoms with van der Waals surface area (Å²) in [4.78, 5) is 60.0. The van der Waals surface area contributed by atoms with Crippen molar-refractivity contribution in [2.45, 2.75) is 100 Å². The number of ether oxygens (including phenoxy) is 2. The van der Waals surface area contributed by atoms with E-state index in [9.17, 15) is 24.3 Å². The van der Waals surface area contributed by atoms with Gasteiger partial charge in [-0.15, -0.1) is 13.2 Å². The van der Waals surface area contributed by atoms with Gasteiger partial charge in [0.2, 0.25) is 0 Å². The van der Waals surface area contributed by atoms with E-state index >= 15 is 0 Å². The summed E-state index contributed by atoms with van der Waals surface area (Å²) in [5, 5.41) is 16.0. The lowest BCUT2D eigenvalue weighted by molar-refractivity contribution is -0.134. The summed E-state index contributed by atoms with van der Waals surface area (Å²) in [6.45, 7) is 27.5. The van der Waals surface area contributed by atoms with Gasteiger partial charge in [0, 0.05) is 50.4 Å². The van der Waals surface area contributed by atoms with Crippen molar-refractivity contribution in [3.05, 3.63) is 167 Å². The number of carbonyl (C=O) groups is 4. The molecule has 384 valence electrons. The minimum Gasteiger partial charge on any atom is -0.477 e. The van der Waals surface area contributed by atoms with Gasteiger partial charge in [-0.1, -0.05) is 130 Å². The molecule has 11 heteroatoms. The number of carbonyl (C=O) groups excluding carboxylic acids is 3. The first-order chi connectivity index (χ1) is 35.4. The Morgan fingerprint density at radius 1 is 0.595 bits per heavy atom. The van der Waals surface area contributed by atoms with Crippen LogP contribution in [0.1, 0.15) is 134 Å². The van der Waals surface area contributed by atoms with Gasteiger partial charge < -0.3 is 24.8 Å². The smallest absolute Gasteiger partial charge is 0.342 e. The molecular weight excluding hydrogens is 925 g/mol. The second-order valence-electron chi connectivity index (χ2n) is 18.2. The molecule has 11 nitrogen and oxygen atoms in total. The number of nitrogens with zero attached hydrogens (tertiary/aromatic N) is 3. The Morgan fingerprint density at radius 3 is 1.39 bits per heavy atom. The molecule has 3 amide bonds. The van der Waals surface area contributed by atoms with Gasteiger partial charge in [-0.05, 0) is 122 Å². The van der Waals surface area contributed by atoms with Crippen molar-refractivity contribution in [1.29, 1.82) is 0 Å². The summed E-state index contributed by atoms with van der Waals surface area (Å²) < 4.78 is 12.5. The molecule has 0 saturated carbocycles. The van der Waals surface area contributed by atoms with Crippen LogP contribution in [0.15, 0.2) is 143 Å². The van der Waals surface area contributed by atoms with Crippen LogP contribution in [0, 0.1) is 0 Å². The zero-order valence-corrected chi connectivity index (χ0v) is 43.4. The van der Waals surface area contributed by atoms with Gasteiger partial charge in [-0.2, -0.15) is 0 Å². The number of hydrogen-bond donors (Lipinski definition) is 2. The predicted molar refractivity (Wildman–Crippen MR) is 302 cm³/mol. The maximum Gasteiger partial charge on any atom is 0.342 e. The Balaban J connectivity index is 0.000000206. The van der Waals surface area contributed by atoms with E-state index < -0.39 is 17.8 Å². The molecule has 10 rings (SSSR count). The van der Waals surface area contributed by atoms with Gasteiger partial charge in [0.1, 0.15) is 34.1 Å².